The van der Waals surface area contributed by atoms with Gasteiger partial charge in [-0.25, -0.2) is 14.8 Å². The number of nitrogens with one attached hydrogen (secondary N) is 2. The normalized spacial score (nSPS) is 20.8. The highest BCUT2D eigenvalue weighted by Crippen LogP contribution is 2.33. The summed E-state index contributed by atoms with van der Waals surface area (Å²) in [7, 11) is 1.71. The molecule has 1 unspecified atom stereocenters. The zero-order chi connectivity index (χ0) is 30.1. The number of H-pyrrole nitrogens is 1. The fourth-order valence-electron chi connectivity index (χ4n) is 6.16. The van der Waals surface area contributed by atoms with Gasteiger partial charge in [0.05, 0.1) is 18.1 Å². The van der Waals surface area contributed by atoms with Crippen LogP contribution in [0.2, 0.25) is 0 Å². The average Bonchev–Trinajstić information content (AvgIpc) is 3.01. The third-order valence-electron chi connectivity index (χ3n) is 8.28. The van der Waals surface area contributed by atoms with Gasteiger partial charge in [0.1, 0.15) is 12.2 Å². The average molecular weight is 578 g/mol. The quantitative estimate of drug-likeness (QED) is 0.367. The van der Waals surface area contributed by atoms with Crippen molar-refractivity contribution in [2.75, 3.05) is 13.6 Å². The largest absolute Gasteiger partial charge is 0.334 e. The maximum absolute atomic E-state index is 14.3. The summed E-state index contributed by atoms with van der Waals surface area (Å²) in [4.78, 5) is 60.2. The molecule has 10 nitrogen and oxygen atoms in total. The summed E-state index contributed by atoms with van der Waals surface area (Å²) in [6, 6.07) is 27.1. The SMILES string of the molecule is C[C@H]1C2N(C(=O)CN(C)N2C(=O)NCc2ccccc2)[C@@H](Cc2cc[c]cc2)C(=O)N1Cc1cccc2ccc(=O)[nH]c12. The second-order valence-corrected chi connectivity index (χ2v) is 11.1. The van der Waals surface area contributed by atoms with Crippen molar-refractivity contribution in [2.45, 2.75) is 44.7 Å². The Labute approximate surface area is 249 Å². The lowest BCUT2D eigenvalue weighted by atomic mass is 9.94. The molecule has 43 heavy (non-hydrogen) atoms. The molecule has 3 heterocycles. The topological polar surface area (TPSA) is 109 Å². The molecule has 2 saturated heterocycles. The van der Waals surface area contributed by atoms with Crippen molar-refractivity contribution in [1.82, 2.24) is 30.1 Å². The van der Waals surface area contributed by atoms with Gasteiger partial charge in [0, 0.05) is 32.6 Å². The number of piperazine rings is 1. The molecular formula is C33H33N6O4. The monoisotopic (exact) mass is 577 g/mol. The predicted octanol–water partition coefficient (Wildman–Crippen LogP) is 2.90. The molecule has 0 aliphatic carbocycles. The molecule has 2 N–H and O–H groups in total. The van der Waals surface area contributed by atoms with Crippen molar-refractivity contribution >= 4 is 28.7 Å². The van der Waals surface area contributed by atoms with E-state index in [1.807, 2.05) is 67.6 Å². The van der Waals surface area contributed by atoms with E-state index in [4.69, 9.17) is 0 Å². The third-order valence-corrected chi connectivity index (χ3v) is 8.28. The summed E-state index contributed by atoms with van der Waals surface area (Å²) < 4.78 is 0. The maximum atomic E-state index is 14.3. The van der Waals surface area contributed by atoms with E-state index in [0.717, 1.165) is 22.1 Å². The number of aromatic amines is 1. The summed E-state index contributed by atoms with van der Waals surface area (Å²) in [6.45, 7) is 2.33. The molecule has 2 aliphatic heterocycles. The minimum Gasteiger partial charge on any atom is -0.333 e. The molecule has 6 rings (SSSR count). The fourth-order valence-corrected chi connectivity index (χ4v) is 6.16. The maximum Gasteiger partial charge on any atom is 0.334 e. The van der Waals surface area contributed by atoms with Gasteiger partial charge in [0.2, 0.25) is 17.4 Å². The van der Waals surface area contributed by atoms with Gasteiger partial charge in [-0.05, 0) is 41.1 Å². The highest BCUT2D eigenvalue weighted by molar-refractivity contribution is 5.92. The number of amides is 4. The van der Waals surface area contributed by atoms with Crippen LogP contribution < -0.4 is 10.9 Å². The van der Waals surface area contributed by atoms with E-state index in [-0.39, 0.29) is 42.9 Å². The van der Waals surface area contributed by atoms with E-state index >= 15 is 0 Å². The van der Waals surface area contributed by atoms with Crippen LogP contribution in [0.3, 0.4) is 0 Å². The Kier molecular flexibility index (Phi) is 7.69. The van der Waals surface area contributed by atoms with Crippen molar-refractivity contribution < 1.29 is 14.4 Å². The van der Waals surface area contributed by atoms with Crippen LogP contribution in [-0.2, 0) is 29.1 Å². The molecule has 0 bridgehead atoms. The number of aromatic nitrogens is 1. The number of likely N-dealkylation sites (N-methyl/N-ethyl adjacent to an activating group) is 1. The van der Waals surface area contributed by atoms with E-state index in [1.54, 1.807) is 45.1 Å². The number of para-hydroxylation sites is 1. The first-order valence-electron chi connectivity index (χ1n) is 14.3. The summed E-state index contributed by atoms with van der Waals surface area (Å²) in [5.41, 5.74) is 3.02. The van der Waals surface area contributed by atoms with E-state index in [1.165, 1.54) is 6.07 Å². The lowest BCUT2D eigenvalue weighted by Gasteiger charge is -2.57. The van der Waals surface area contributed by atoms with E-state index in [9.17, 15) is 19.2 Å². The minimum atomic E-state index is -0.830. The molecule has 0 saturated carbocycles. The van der Waals surface area contributed by atoms with Crippen LogP contribution in [0.15, 0.2) is 89.7 Å². The molecule has 1 radical (unpaired) electrons. The Morgan fingerprint density at radius 2 is 1.72 bits per heavy atom. The number of fused-ring (bicyclic) bond motifs is 2. The van der Waals surface area contributed by atoms with Gasteiger partial charge in [-0.1, -0.05) is 72.8 Å². The number of pyridine rings is 1. The van der Waals surface area contributed by atoms with E-state index < -0.39 is 18.2 Å². The molecule has 4 amide bonds. The zero-order valence-electron chi connectivity index (χ0n) is 24.1. The minimum absolute atomic E-state index is 0.0428. The van der Waals surface area contributed by atoms with Crippen LogP contribution in [0.5, 0.6) is 0 Å². The van der Waals surface area contributed by atoms with Crippen molar-refractivity contribution in [2.24, 2.45) is 0 Å². The number of hydrogen-bond acceptors (Lipinski definition) is 5. The third kappa shape index (κ3) is 5.49. The molecule has 3 atom stereocenters. The summed E-state index contributed by atoms with van der Waals surface area (Å²) >= 11 is 0. The van der Waals surface area contributed by atoms with E-state index in [0.29, 0.717) is 12.1 Å². The number of carbonyl (C=O) groups is 3. The Morgan fingerprint density at radius 3 is 2.49 bits per heavy atom. The van der Waals surface area contributed by atoms with Gasteiger partial charge in [-0.2, -0.15) is 0 Å². The number of urea groups is 1. The molecular weight excluding hydrogens is 544 g/mol. The van der Waals surface area contributed by atoms with Gasteiger partial charge in [0.15, 0.2) is 0 Å². The van der Waals surface area contributed by atoms with Gasteiger partial charge in [0.25, 0.3) is 0 Å². The molecule has 0 spiro atoms. The smallest absolute Gasteiger partial charge is 0.333 e. The number of hydrazine groups is 1. The van der Waals surface area contributed by atoms with Crippen LogP contribution in [0.1, 0.15) is 23.6 Å². The predicted molar refractivity (Wildman–Crippen MR) is 161 cm³/mol. The number of hydrogen-bond donors (Lipinski definition) is 2. The van der Waals surface area contributed by atoms with Crippen LogP contribution in [0, 0.1) is 6.07 Å². The van der Waals surface area contributed by atoms with Crippen molar-refractivity contribution in [3.63, 3.8) is 0 Å². The lowest BCUT2D eigenvalue weighted by Crippen LogP contribution is -2.78. The standard InChI is InChI=1S/C33H33N6O4/c1-22-31-38(29(41)21-36(2)39(31)33(43)34-19-24-12-7-4-8-13-24)27(18-23-10-5-3-6-11-23)32(42)37(22)20-26-15-9-14-25-16-17-28(40)35-30(25)26/h4-17,22,27,31H,18-21H2,1-2H3,(H,34,43)(H,35,40)/t22-,27-,31?/m0/s1. The Bertz CT molecular complexity index is 1710. The van der Waals surface area contributed by atoms with E-state index in [2.05, 4.69) is 16.4 Å². The van der Waals surface area contributed by atoms with Crippen LogP contribution in [-0.4, -0.2) is 74.5 Å². The van der Waals surface area contributed by atoms with Crippen LogP contribution >= 0.6 is 0 Å². The summed E-state index contributed by atoms with van der Waals surface area (Å²) in [5, 5.41) is 7.03. The molecule has 3 aromatic carbocycles. The highest BCUT2D eigenvalue weighted by atomic mass is 16.2. The molecule has 2 aliphatic rings. The van der Waals surface area contributed by atoms with Crippen molar-refractivity contribution in [3.05, 3.63) is 118 Å². The number of nitrogens with zero attached hydrogens (tertiary/aromatic N) is 4. The van der Waals surface area contributed by atoms with Gasteiger partial charge in [-0.15, -0.1) is 0 Å². The van der Waals surface area contributed by atoms with Crippen molar-refractivity contribution in [1.29, 1.82) is 0 Å². The zero-order valence-corrected chi connectivity index (χ0v) is 24.1. The fraction of sp³-hybridized carbons (Fsp3) is 0.273. The van der Waals surface area contributed by atoms with Gasteiger partial charge < -0.3 is 20.1 Å². The number of benzene rings is 3. The summed E-state index contributed by atoms with van der Waals surface area (Å²) in [6.07, 6.45) is -0.469. The number of carbonyl (C=O) groups excluding carboxylic acids is 3. The number of rotatable bonds is 6. The first-order chi connectivity index (χ1) is 20.8. The van der Waals surface area contributed by atoms with Crippen LogP contribution in [0.25, 0.3) is 10.9 Å². The molecule has 10 heteroatoms. The molecule has 4 aromatic rings. The Hall–Kier alpha value is -4.96. The lowest BCUT2D eigenvalue weighted by molar-refractivity contribution is -0.196. The second kappa shape index (κ2) is 11.7. The first kappa shape index (κ1) is 28.2. The first-order valence-corrected chi connectivity index (χ1v) is 14.3. The van der Waals surface area contributed by atoms with Crippen LogP contribution in [0.4, 0.5) is 4.79 Å². The van der Waals surface area contributed by atoms with Crippen molar-refractivity contribution in [3.8, 4) is 0 Å². The molecule has 1 aromatic heterocycles. The molecule has 219 valence electrons. The Balaban J connectivity index is 1.39. The van der Waals surface area contributed by atoms with Gasteiger partial charge in [-0.3, -0.25) is 14.4 Å². The summed E-state index contributed by atoms with van der Waals surface area (Å²) in [5.74, 6) is -0.434. The van der Waals surface area contributed by atoms with Gasteiger partial charge >= 0.3 is 6.03 Å². The second-order valence-electron chi connectivity index (χ2n) is 11.1. The Morgan fingerprint density at radius 1 is 0.953 bits per heavy atom. The molecule has 2 fully saturated rings. The highest BCUT2D eigenvalue weighted by Gasteiger charge is 2.54.